The van der Waals surface area contributed by atoms with E-state index in [4.69, 9.17) is 10.5 Å². The summed E-state index contributed by atoms with van der Waals surface area (Å²) < 4.78 is 5.33. The maximum atomic E-state index is 14.2. The predicted octanol–water partition coefficient (Wildman–Crippen LogP) is 4.69. The van der Waals surface area contributed by atoms with Crippen LogP contribution in [0.25, 0.3) is 0 Å². The molecule has 0 radical (unpaired) electrons. The van der Waals surface area contributed by atoms with Gasteiger partial charge in [0.25, 0.3) is 5.91 Å². The number of aryl methyl sites for hydroxylation is 3. The van der Waals surface area contributed by atoms with Crippen molar-refractivity contribution >= 4 is 29.5 Å². The molecule has 9 nitrogen and oxygen atoms in total. The first kappa shape index (κ1) is 31.3. The van der Waals surface area contributed by atoms with Crippen molar-refractivity contribution in [1.82, 2.24) is 10.2 Å². The van der Waals surface area contributed by atoms with Crippen molar-refractivity contribution < 1.29 is 23.9 Å². The highest BCUT2D eigenvalue weighted by Crippen LogP contribution is 2.31. The summed E-state index contributed by atoms with van der Waals surface area (Å²) in [5.74, 6) is -1.81. The number of para-hydroxylation sites is 1. The van der Waals surface area contributed by atoms with Crippen molar-refractivity contribution in [3.05, 3.63) is 64.7 Å². The number of primary amides is 1. The van der Waals surface area contributed by atoms with Crippen molar-refractivity contribution in [2.75, 3.05) is 5.32 Å². The van der Waals surface area contributed by atoms with Crippen LogP contribution in [0, 0.1) is 20.8 Å². The number of amides is 4. The van der Waals surface area contributed by atoms with Crippen molar-refractivity contribution in [1.29, 1.82) is 0 Å². The van der Waals surface area contributed by atoms with Gasteiger partial charge in [0.15, 0.2) is 0 Å². The number of nitrogens with zero attached hydrogens (tertiary/aromatic N) is 1. The minimum atomic E-state index is -1.33. The van der Waals surface area contributed by atoms with Crippen LogP contribution in [0.2, 0.25) is 0 Å². The molecule has 4 N–H and O–H groups in total. The van der Waals surface area contributed by atoms with E-state index in [1.54, 1.807) is 26.8 Å². The first-order valence-electron chi connectivity index (χ1n) is 13.2. The number of carbonyl (C=O) groups excluding carboxylic acids is 4. The summed E-state index contributed by atoms with van der Waals surface area (Å²) in [7, 11) is 0. The maximum Gasteiger partial charge on any atom is 0.408 e. The molecule has 0 heterocycles. The Bertz CT molecular complexity index is 1200. The number of hydrogen-bond acceptors (Lipinski definition) is 5. The quantitative estimate of drug-likeness (QED) is 0.404. The first-order valence-corrected chi connectivity index (χ1v) is 13.2. The van der Waals surface area contributed by atoms with Gasteiger partial charge in [0.2, 0.25) is 11.8 Å². The molecule has 3 atom stereocenters. The van der Waals surface area contributed by atoms with E-state index in [9.17, 15) is 19.2 Å². The van der Waals surface area contributed by atoms with Crippen LogP contribution in [0.4, 0.5) is 10.5 Å². The van der Waals surface area contributed by atoms with Gasteiger partial charge in [-0.05, 0) is 77.6 Å². The minimum Gasteiger partial charge on any atom is -0.444 e. The Balaban J connectivity index is 2.63. The zero-order valence-electron chi connectivity index (χ0n) is 24.3. The van der Waals surface area contributed by atoms with Gasteiger partial charge in [0, 0.05) is 11.7 Å². The number of rotatable bonds is 10. The summed E-state index contributed by atoms with van der Waals surface area (Å²) >= 11 is 0. The highest BCUT2D eigenvalue weighted by Gasteiger charge is 2.39. The largest absolute Gasteiger partial charge is 0.444 e. The molecule has 4 amide bonds. The standard InChI is InChI=1S/C30H42N4O5/c1-9-21(5)34(28(37)24(17-25(31)35)33-29(38)39-30(6,7)8)26(22-15-14-18(2)16-20(22)4)27(36)32-23-13-11-10-12-19(23)3/h10-16,21,24,26H,9,17H2,1-8H3,(H2,31,35)(H,32,36)(H,33,38). The van der Waals surface area contributed by atoms with Crippen LogP contribution in [-0.2, 0) is 19.1 Å². The van der Waals surface area contributed by atoms with E-state index in [0.29, 0.717) is 17.7 Å². The summed E-state index contributed by atoms with van der Waals surface area (Å²) in [6.45, 7) is 14.5. The van der Waals surface area contributed by atoms with Crippen molar-refractivity contribution in [2.24, 2.45) is 5.73 Å². The molecule has 2 aromatic rings. The Kier molecular flexibility index (Phi) is 10.7. The maximum absolute atomic E-state index is 14.2. The van der Waals surface area contributed by atoms with E-state index >= 15 is 0 Å². The number of carbonyl (C=O) groups is 4. The molecule has 0 spiro atoms. The van der Waals surface area contributed by atoms with Crippen molar-refractivity contribution in [3.8, 4) is 0 Å². The van der Waals surface area contributed by atoms with E-state index < -0.39 is 54.0 Å². The van der Waals surface area contributed by atoms with Crippen LogP contribution in [0.1, 0.15) is 75.8 Å². The normalized spacial score (nSPS) is 13.5. The van der Waals surface area contributed by atoms with E-state index in [1.807, 2.05) is 71.0 Å². The topological polar surface area (TPSA) is 131 Å². The summed E-state index contributed by atoms with van der Waals surface area (Å²) in [6, 6.07) is 10.2. The fourth-order valence-electron chi connectivity index (χ4n) is 4.29. The molecule has 212 valence electrons. The van der Waals surface area contributed by atoms with Crippen LogP contribution < -0.4 is 16.4 Å². The van der Waals surface area contributed by atoms with Gasteiger partial charge in [0.1, 0.15) is 17.7 Å². The van der Waals surface area contributed by atoms with Crippen LogP contribution in [-0.4, -0.2) is 46.4 Å². The third-order valence-electron chi connectivity index (χ3n) is 6.36. The number of hydrogen-bond donors (Lipinski definition) is 3. The SMILES string of the molecule is CCC(C)N(C(=O)C(CC(N)=O)NC(=O)OC(C)(C)C)C(C(=O)Nc1ccccc1C)c1ccc(C)cc1C. The molecule has 9 heteroatoms. The van der Waals surface area contributed by atoms with Crippen LogP contribution in [0.5, 0.6) is 0 Å². The molecule has 0 bridgehead atoms. The smallest absolute Gasteiger partial charge is 0.408 e. The van der Waals surface area contributed by atoms with Crippen LogP contribution in [0.3, 0.4) is 0 Å². The number of nitrogens with one attached hydrogen (secondary N) is 2. The van der Waals surface area contributed by atoms with E-state index in [-0.39, 0.29) is 0 Å². The molecule has 0 aliphatic rings. The Morgan fingerprint density at radius 1 is 1.00 bits per heavy atom. The average Bonchev–Trinajstić information content (AvgIpc) is 2.81. The second-order valence-corrected chi connectivity index (χ2v) is 10.9. The van der Waals surface area contributed by atoms with Gasteiger partial charge in [-0.2, -0.15) is 0 Å². The molecule has 0 saturated heterocycles. The summed E-state index contributed by atoms with van der Waals surface area (Å²) in [5, 5.41) is 5.49. The summed E-state index contributed by atoms with van der Waals surface area (Å²) in [5.41, 5.74) is 8.60. The van der Waals surface area contributed by atoms with E-state index in [0.717, 1.165) is 16.7 Å². The van der Waals surface area contributed by atoms with Gasteiger partial charge in [0.05, 0.1) is 6.42 Å². The fraction of sp³-hybridized carbons (Fsp3) is 0.467. The molecular weight excluding hydrogens is 496 g/mol. The second-order valence-electron chi connectivity index (χ2n) is 10.9. The van der Waals surface area contributed by atoms with Crippen molar-refractivity contribution in [3.63, 3.8) is 0 Å². The number of benzene rings is 2. The van der Waals surface area contributed by atoms with Gasteiger partial charge >= 0.3 is 6.09 Å². The summed E-state index contributed by atoms with van der Waals surface area (Å²) in [4.78, 5) is 54.2. The lowest BCUT2D eigenvalue weighted by Crippen LogP contribution is -2.55. The third-order valence-corrected chi connectivity index (χ3v) is 6.36. The van der Waals surface area contributed by atoms with E-state index in [1.165, 1.54) is 4.90 Å². The highest BCUT2D eigenvalue weighted by molar-refractivity contribution is 6.00. The Labute approximate surface area is 231 Å². The van der Waals surface area contributed by atoms with Crippen molar-refractivity contribution in [2.45, 2.75) is 92.0 Å². The molecule has 39 heavy (non-hydrogen) atoms. The molecule has 0 saturated carbocycles. The zero-order chi connectivity index (χ0) is 29.5. The molecule has 0 fully saturated rings. The number of ether oxygens (including phenoxy) is 1. The molecule has 0 aliphatic carbocycles. The summed E-state index contributed by atoms with van der Waals surface area (Å²) in [6.07, 6.45) is -0.802. The zero-order valence-corrected chi connectivity index (χ0v) is 24.3. The monoisotopic (exact) mass is 538 g/mol. The number of alkyl carbamates (subject to hydrolysis) is 1. The first-order chi connectivity index (χ1) is 18.1. The molecule has 2 rings (SSSR count). The predicted molar refractivity (Wildman–Crippen MR) is 152 cm³/mol. The molecular formula is C30H42N4O5. The van der Waals surface area contributed by atoms with Crippen LogP contribution in [0.15, 0.2) is 42.5 Å². The Morgan fingerprint density at radius 3 is 2.18 bits per heavy atom. The van der Waals surface area contributed by atoms with Gasteiger partial charge in [-0.25, -0.2) is 4.79 Å². The fourth-order valence-corrected chi connectivity index (χ4v) is 4.29. The molecule has 0 aliphatic heterocycles. The second kappa shape index (κ2) is 13.3. The number of anilines is 1. The Morgan fingerprint density at radius 2 is 1.64 bits per heavy atom. The van der Waals surface area contributed by atoms with E-state index in [2.05, 4.69) is 10.6 Å². The van der Waals surface area contributed by atoms with Crippen LogP contribution >= 0.6 is 0 Å². The molecule has 2 aromatic carbocycles. The van der Waals surface area contributed by atoms with Gasteiger partial charge in [-0.1, -0.05) is 48.9 Å². The lowest BCUT2D eigenvalue weighted by atomic mass is 9.94. The lowest BCUT2D eigenvalue weighted by molar-refractivity contribution is -0.144. The molecule has 3 unspecified atom stereocenters. The minimum absolute atomic E-state index is 0.417. The third kappa shape index (κ3) is 8.84. The average molecular weight is 539 g/mol. The lowest BCUT2D eigenvalue weighted by Gasteiger charge is -2.38. The highest BCUT2D eigenvalue weighted by atomic mass is 16.6. The Hall–Kier alpha value is -3.88. The van der Waals surface area contributed by atoms with Gasteiger partial charge < -0.3 is 26.0 Å². The molecule has 0 aromatic heterocycles. The number of nitrogens with two attached hydrogens (primary N) is 1. The van der Waals surface area contributed by atoms with Gasteiger partial charge in [-0.15, -0.1) is 0 Å². The van der Waals surface area contributed by atoms with Gasteiger partial charge in [-0.3, -0.25) is 14.4 Å².